The van der Waals surface area contributed by atoms with Gasteiger partial charge in [-0.15, -0.1) is 0 Å². The standard InChI is InChI=1S/C14H20N2O2/c1-11-9-13(12(10-15-11)14(17)18)16-7-5-3-2-4-6-8-16/h9-10H,2-8H2,1H3,(H,17,18). The fraction of sp³-hybridized carbons (Fsp3) is 0.571. The molecular formula is C14H20N2O2. The number of rotatable bonds is 2. The molecule has 0 unspecified atom stereocenters. The van der Waals surface area contributed by atoms with Gasteiger partial charge in [-0.25, -0.2) is 4.79 Å². The number of pyridine rings is 1. The Kier molecular flexibility index (Phi) is 4.18. The molecule has 2 heterocycles. The van der Waals surface area contributed by atoms with Crippen molar-refractivity contribution >= 4 is 11.7 Å². The minimum atomic E-state index is -0.889. The predicted octanol–water partition coefficient (Wildman–Crippen LogP) is 2.86. The first-order valence-electron chi connectivity index (χ1n) is 6.63. The molecule has 0 aliphatic carbocycles. The second kappa shape index (κ2) is 5.85. The lowest BCUT2D eigenvalue weighted by molar-refractivity contribution is 0.0697. The van der Waals surface area contributed by atoms with Crippen molar-refractivity contribution in [3.05, 3.63) is 23.5 Å². The van der Waals surface area contributed by atoms with E-state index in [1.807, 2.05) is 13.0 Å². The summed E-state index contributed by atoms with van der Waals surface area (Å²) >= 11 is 0. The van der Waals surface area contributed by atoms with Crippen molar-refractivity contribution in [2.45, 2.75) is 39.0 Å². The van der Waals surface area contributed by atoms with Crippen LogP contribution in [0.5, 0.6) is 0 Å². The van der Waals surface area contributed by atoms with E-state index in [1.165, 1.54) is 25.5 Å². The molecule has 1 aliphatic heterocycles. The van der Waals surface area contributed by atoms with Gasteiger partial charge in [0, 0.05) is 25.0 Å². The average Bonchev–Trinajstić information content (AvgIpc) is 2.27. The van der Waals surface area contributed by atoms with Crippen molar-refractivity contribution in [2.24, 2.45) is 0 Å². The molecule has 0 bridgehead atoms. The number of anilines is 1. The molecule has 0 radical (unpaired) electrons. The molecule has 2 rings (SSSR count). The first-order valence-corrected chi connectivity index (χ1v) is 6.63. The van der Waals surface area contributed by atoms with Gasteiger partial charge in [-0.3, -0.25) is 4.98 Å². The third-order valence-electron chi connectivity index (χ3n) is 3.45. The van der Waals surface area contributed by atoms with Gasteiger partial charge in [-0.2, -0.15) is 0 Å². The number of carbonyl (C=O) groups is 1. The Labute approximate surface area is 108 Å². The van der Waals surface area contributed by atoms with Crippen molar-refractivity contribution in [1.82, 2.24) is 4.98 Å². The van der Waals surface area contributed by atoms with E-state index < -0.39 is 5.97 Å². The van der Waals surface area contributed by atoms with E-state index in [0.717, 1.165) is 37.3 Å². The van der Waals surface area contributed by atoms with Crippen LogP contribution in [0, 0.1) is 6.92 Å². The Morgan fingerprint density at radius 3 is 2.44 bits per heavy atom. The average molecular weight is 248 g/mol. The highest BCUT2D eigenvalue weighted by molar-refractivity contribution is 5.94. The smallest absolute Gasteiger partial charge is 0.339 e. The molecule has 0 atom stereocenters. The monoisotopic (exact) mass is 248 g/mol. The van der Waals surface area contributed by atoms with Crippen molar-refractivity contribution in [3.63, 3.8) is 0 Å². The SMILES string of the molecule is Cc1cc(N2CCCCCCC2)c(C(=O)O)cn1. The van der Waals surface area contributed by atoms with Gasteiger partial charge < -0.3 is 10.0 Å². The first-order chi connectivity index (χ1) is 8.68. The quantitative estimate of drug-likeness (QED) is 0.874. The van der Waals surface area contributed by atoms with E-state index in [2.05, 4.69) is 9.88 Å². The summed E-state index contributed by atoms with van der Waals surface area (Å²) in [6, 6.07) is 1.89. The molecule has 1 fully saturated rings. The van der Waals surface area contributed by atoms with Crippen LogP contribution in [0.25, 0.3) is 0 Å². The minimum Gasteiger partial charge on any atom is -0.478 e. The largest absolute Gasteiger partial charge is 0.478 e. The highest BCUT2D eigenvalue weighted by atomic mass is 16.4. The van der Waals surface area contributed by atoms with Crippen molar-refractivity contribution < 1.29 is 9.90 Å². The molecule has 0 aromatic carbocycles. The summed E-state index contributed by atoms with van der Waals surface area (Å²) in [5.41, 5.74) is 2.02. The van der Waals surface area contributed by atoms with Gasteiger partial charge in [0.25, 0.3) is 0 Å². The highest BCUT2D eigenvalue weighted by Gasteiger charge is 2.17. The summed E-state index contributed by atoms with van der Waals surface area (Å²) in [7, 11) is 0. The molecule has 0 spiro atoms. The maximum atomic E-state index is 11.3. The van der Waals surface area contributed by atoms with Gasteiger partial charge in [-0.05, 0) is 25.8 Å². The Morgan fingerprint density at radius 1 is 1.22 bits per heavy atom. The number of aromatic carboxylic acids is 1. The van der Waals surface area contributed by atoms with Gasteiger partial charge in [0.2, 0.25) is 0 Å². The molecule has 1 saturated heterocycles. The lowest BCUT2D eigenvalue weighted by Crippen LogP contribution is -2.28. The number of carboxylic acid groups (broad SMARTS) is 1. The Bertz CT molecular complexity index is 424. The number of aromatic nitrogens is 1. The minimum absolute atomic E-state index is 0.321. The van der Waals surface area contributed by atoms with Crippen LogP contribution < -0.4 is 4.90 Å². The zero-order valence-electron chi connectivity index (χ0n) is 10.9. The van der Waals surface area contributed by atoms with Gasteiger partial charge in [0.1, 0.15) is 5.56 Å². The predicted molar refractivity (Wildman–Crippen MR) is 71.2 cm³/mol. The summed E-state index contributed by atoms with van der Waals surface area (Å²) in [5, 5.41) is 9.25. The molecular weight excluding hydrogens is 228 g/mol. The molecule has 4 heteroatoms. The normalized spacial score (nSPS) is 17.1. The number of nitrogens with zero attached hydrogens (tertiary/aromatic N) is 2. The molecule has 0 amide bonds. The van der Waals surface area contributed by atoms with E-state index >= 15 is 0 Å². The lowest BCUT2D eigenvalue weighted by atomic mass is 10.1. The van der Waals surface area contributed by atoms with Crippen LogP contribution in [0.2, 0.25) is 0 Å². The Hall–Kier alpha value is -1.58. The molecule has 4 nitrogen and oxygen atoms in total. The Balaban J connectivity index is 2.28. The third-order valence-corrected chi connectivity index (χ3v) is 3.45. The van der Waals surface area contributed by atoms with Crippen LogP contribution in [0.4, 0.5) is 5.69 Å². The summed E-state index contributed by atoms with van der Waals surface area (Å²) in [6.45, 7) is 3.80. The van der Waals surface area contributed by atoms with E-state index in [0.29, 0.717) is 5.56 Å². The lowest BCUT2D eigenvalue weighted by Gasteiger charge is -2.28. The van der Waals surface area contributed by atoms with Crippen LogP contribution in [-0.2, 0) is 0 Å². The summed E-state index contributed by atoms with van der Waals surface area (Å²) in [5.74, 6) is -0.889. The maximum Gasteiger partial charge on any atom is 0.339 e. The second-order valence-electron chi connectivity index (χ2n) is 4.90. The number of carboxylic acids is 1. The van der Waals surface area contributed by atoms with Crippen molar-refractivity contribution in [3.8, 4) is 0 Å². The second-order valence-corrected chi connectivity index (χ2v) is 4.90. The zero-order chi connectivity index (χ0) is 13.0. The molecule has 0 saturated carbocycles. The van der Waals surface area contributed by atoms with Crippen LogP contribution in [0.1, 0.15) is 48.2 Å². The summed E-state index contributed by atoms with van der Waals surface area (Å²) in [6.07, 6.45) is 7.54. The summed E-state index contributed by atoms with van der Waals surface area (Å²) < 4.78 is 0. The topological polar surface area (TPSA) is 53.4 Å². The maximum absolute atomic E-state index is 11.3. The number of hydrogen-bond donors (Lipinski definition) is 1. The van der Waals surface area contributed by atoms with E-state index in [4.69, 9.17) is 0 Å². The van der Waals surface area contributed by atoms with Crippen molar-refractivity contribution in [2.75, 3.05) is 18.0 Å². The fourth-order valence-corrected chi connectivity index (χ4v) is 2.46. The molecule has 98 valence electrons. The van der Waals surface area contributed by atoms with Crippen LogP contribution in [0.3, 0.4) is 0 Å². The molecule has 18 heavy (non-hydrogen) atoms. The fourth-order valence-electron chi connectivity index (χ4n) is 2.46. The number of aryl methyl sites for hydroxylation is 1. The van der Waals surface area contributed by atoms with Crippen LogP contribution in [-0.4, -0.2) is 29.1 Å². The highest BCUT2D eigenvalue weighted by Crippen LogP contribution is 2.24. The van der Waals surface area contributed by atoms with Gasteiger partial charge in [0.05, 0.1) is 5.69 Å². The van der Waals surface area contributed by atoms with Crippen molar-refractivity contribution in [1.29, 1.82) is 0 Å². The molecule has 1 aromatic heterocycles. The summed E-state index contributed by atoms with van der Waals surface area (Å²) in [4.78, 5) is 17.6. The number of hydrogen-bond acceptors (Lipinski definition) is 3. The van der Waals surface area contributed by atoms with Gasteiger partial charge in [0.15, 0.2) is 0 Å². The molecule has 1 N–H and O–H groups in total. The van der Waals surface area contributed by atoms with Crippen LogP contribution >= 0.6 is 0 Å². The first kappa shape index (κ1) is 12.9. The zero-order valence-corrected chi connectivity index (χ0v) is 10.9. The van der Waals surface area contributed by atoms with Crippen LogP contribution in [0.15, 0.2) is 12.3 Å². The van der Waals surface area contributed by atoms with E-state index in [-0.39, 0.29) is 0 Å². The van der Waals surface area contributed by atoms with E-state index in [9.17, 15) is 9.90 Å². The molecule has 1 aromatic rings. The van der Waals surface area contributed by atoms with Gasteiger partial charge in [-0.1, -0.05) is 19.3 Å². The Morgan fingerprint density at radius 2 is 1.83 bits per heavy atom. The molecule has 1 aliphatic rings. The third kappa shape index (κ3) is 3.00. The van der Waals surface area contributed by atoms with Gasteiger partial charge >= 0.3 is 5.97 Å². The van der Waals surface area contributed by atoms with E-state index in [1.54, 1.807) is 0 Å².